The summed E-state index contributed by atoms with van der Waals surface area (Å²) in [5.74, 6) is 0.318. The van der Waals surface area contributed by atoms with E-state index in [0.29, 0.717) is 12.2 Å². The van der Waals surface area contributed by atoms with Crippen molar-refractivity contribution in [3.05, 3.63) is 47.7 Å². The number of benzene rings is 1. The van der Waals surface area contributed by atoms with Gasteiger partial charge in [-0.1, -0.05) is 30.3 Å². The van der Waals surface area contributed by atoms with Gasteiger partial charge in [0, 0.05) is 12.0 Å². The Morgan fingerprint density at radius 3 is 2.53 bits per heavy atom. The van der Waals surface area contributed by atoms with Crippen LogP contribution in [0.5, 0.6) is 0 Å². The third kappa shape index (κ3) is 1.46. The summed E-state index contributed by atoms with van der Waals surface area (Å²) in [5, 5.41) is 0. The van der Waals surface area contributed by atoms with E-state index in [-0.39, 0.29) is 11.6 Å². The zero-order chi connectivity index (χ0) is 12.1. The molecule has 0 saturated carbocycles. The number of carbonyl (C=O) groups excluding carboxylic acids is 1. The van der Waals surface area contributed by atoms with Crippen LogP contribution in [0.25, 0.3) is 0 Å². The van der Waals surface area contributed by atoms with Gasteiger partial charge in [0.25, 0.3) is 0 Å². The first-order valence-corrected chi connectivity index (χ1v) is 5.72. The van der Waals surface area contributed by atoms with Crippen molar-refractivity contribution < 1.29 is 14.3 Å². The molecule has 1 atom stereocenters. The van der Waals surface area contributed by atoms with Gasteiger partial charge in [0.1, 0.15) is 5.60 Å². The maximum atomic E-state index is 11.5. The van der Waals surface area contributed by atoms with Crippen molar-refractivity contribution in [3.63, 3.8) is 0 Å². The molecule has 2 aliphatic rings. The van der Waals surface area contributed by atoms with Gasteiger partial charge < -0.3 is 9.47 Å². The van der Waals surface area contributed by atoms with Crippen LogP contribution >= 0.6 is 0 Å². The highest BCUT2D eigenvalue weighted by atomic mass is 16.6. The SMILES string of the molecule is CC1(C)CC2(c3ccccc3)OC(=O)C=C2O1. The Hall–Kier alpha value is -1.77. The van der Waals surface area contributed by atoms with Crippen LogP contribution in [0.4, 0.5) is 0 Å². The van der Waals surface area contributed by atoms with Crippen molar-refractivity contribution in [2.75, 3.05) is 0 Å². The smallest absolute Gasteiger partial charge is 0.335 e. The summed E-state index contributed by atoms with van der Waals surface area (Å²) in [6.07, 6.45) is 2.11. The second-order valence-corrected chi connectivity index (χ2v) is 5.16. The molecule has 17 heavy (non-hydrogen) atoms. The number of fused-ring (bicyclic) bond motifs is 1. The topological polar surface area (TPSA) is 35.5 Å². The van der Waals surface area contributed by atoms with Gasteiger partial charge in [0.2, 0.25) is 0 Å². The standard InChI is InChI=1S/C14H14O3/c1-13(2)9-14(10-6-4-3-5-7-10)11(16-13)8-12(15)17-14/h3-8H,9H2,1-2H3. The van der Waals surface area contributed by atoms with Gasteiger partial charge in [-0.2, -0.15) is 0 Å². The lowest BCUT2D eigenvalue weighted by atomic mass is 9.86. The lowest BCUT2D eigenvalue weighted by molar-refractivity contribution is -0.147. The molecule has 0 aromatic heterocycles. The molecule has 2 heterocycles. The fraction of sp³-hybridized carbons (Fsp3) is 0.357. The van der Waals surface area contributed by atoms with E-state index >= 15 is 0 Å². The fourth-order valence-corrected chi connectivity index (χ4v) is 2.65. The maximum Gasteiger partial charge on any atom is 0.335 e. The predicted octanol–water partition coefficient (Wildman–Crippen LogP) is 2.52. The number of hydrogen-bond acceptors (Lipinski definition) is 3. The van der Waals surface area contributed by atoms with Gasteiger partial charge in [0.15, 0.2) is 11.4 Å². The molecule has 3 heteroatoms. The van der Waals surface area contributed by atoms with E-state index in [4.69, 9.17) is 9.47 Å². The van der Waals surface area contributed by atoms with Gasteiger partial charge in [-0.05, 0) is 13.8 Å². The van der Waals surface area contributed by atoms with Crippen LogP contribution in [0.15, 0.2) is 42.2 Å². The first kappa shape index (κ1) is 10.4. The van der Waals surface area contributed by atoms with Gasteiger partial charge in [-0.15, -0.1) is 0 Å². The summed E-state index contributed by atoms with van der Waals surface area (Å²) in [5.41, 5.74) is -0.0350. The fourth-order valence-electron chi connectivity index (χ4n) is 2.65. The first-order valence-electron chi connectivity index (χ1n) is 5.72. The molecule has 1 unspecified atom stereocenters. The van der Waals surface area contributed by atoms with Crippen LogP contribution in [0.3, 0.4) is 0 Å². The first-order chi connectivity index (χ1) is 8.02. The van der Waals surface area contributed by atoms with Crippen LogP contribution in [-0.4, -0.2) is 11.6 Å². The van der Waals surface area contributed by atoms with E-state index in [1.54, 1.807) is 0 Å². The van der Waals surface area contributed by atoms with Gasteiger partial charge in [0.05, 0.1) is 6.08 Å². The number of hydrogen-bond donors (Lipinski definition) is 0. The number of rotatable bonds is 1. The molecule has 3 nitrogen and oxygen atoms in total. The van der Waals surface area contributed by atoms with Crippen LogP contribution in [0.1, 0.15) is 25.8 Å². The Bertz CT molecular complexity index is 501. The Labute approximate surface area is 100 Å². The Kier molecular flexibility index (Phi) is 1.91. The molecular weight excluding hydrogens is 216 g/mol. The normalized spacial score (nSPS) is 29.3. The van der Waals surface area contributed by atoms with Crippen LogP contribution in [0, 0.1) is 0 Å². The molecule has 0 spiro atoms. The minimum atomic E-state index is -0.707. The molecule has 0 N–H and O–H groups in total. The number of ether oxygens (including phenoxy) is 2. The molecule has 1 fully saturated rings. The van der Waals surface area contributed by atoms with Crippen molar-refractivity contribution in [1.29, 1.82) is 0 Å². The Balaban J connectivity index is 2.12. The van der Waals surface area contributed by atoms with Gasteiger partial charge in [-0.3, -0.25) is 0 Å². The van der Waals surface area contributed by atoms with Gasteiger partial charge in [-0.25, -0.2) is 4.79 Å². The molecule has 88 valence electrons. The number of carbonyl (C=O) groups is 1. The maximum absolute atomic E-state index is 11.5. The lowest BCUT2D eigenvalue weighted by Crippen LogP contribution is -2.29. The predicted molar refractivity (Wildman–Crippen MR) is 62.1 cm³/mol. The Morgan fingerprint density at radius 1 is 1.12 bits per heavy atom. The van der Waals surface area contributed by atoms with E-state index in [2.05, 4.69) is 0 Å². The summed E-state index contributed by atoms with van der Waals surface area (Å²) in [6, 6.07) is 9.77. The molecular formula is C14H14O3. The summed E-state index contributed by atoms with van der Waals surface area (Å²) < 4.78 is 11.4. The molecule has 0 amide bonds. The highest BCUT2D eigenvalue weighted by Crippen LogP contribution is 2.52. The van der Waals surface area contributed by atoms with E-state index in [9.17, 15) is 4.79 Å². The average Bonchev–Trinajstić information content (AvgIpc) is 2.67. The molecule has 1 aromatic rings. The highest BCUT2D eigenvalue weighted by molar-refractivity contribution is 5.86. The zero-order valence-corrected chi connectivity index (χ0v) is 9.90. The Morgan fingerprint density at radius 2 is 1.82 bits per heavy atom. The second kappa shape index (κ2) is 3.13. The van der Waals surface area contributed by atoms with E-state index in [1.807, 2.05) is 44.2 Å². The molecule has 2 aliphatic heterocycles. The number of esters is 1. The summed E-state index contributed by atoms with van der Waals surface area (Å²) in [6.45, 7) is 4.01. The van der Waals surface area contributed by atoms with Crippen LogP contribution < -0.4 is 0 Å². The third-order valence-electron chi connectivity index (χ3n) is 3.22. The average molecular weight is 230 g/mol. The van der Waals surface area contributed by atoms with Crippen LogP contribution in [0.2, 0.25) is 0 Å². The highest BCUT2D eigenvalue weighted by Gasteiger charge is 2.56. The molecule has 1 saturated heterocycles. The van der Waals surface area contributed by atoms with Gasteiger partial charge >= 0.3 is 5.97 Å². The quantitative estimate of drug-likeness (QED) is 0.695. The molecule has 3 rings (SSSR count). The van der Waals surface area contributed by atoms with Crippen molar-refractivity contribution >= 4 is 5.97 Å². The molecule has 0 bridgehead atoms. The van der Waals surface area contributed by atoms with Crippen molar-refractivity contribution in [3.8, 4) is 0 Å². The molecule has 0 radical (unpaired) electrons. The van der Waals surface area contributed by atoms with Crippen molar-refractivity contribution in [1.82, 2.24) is 0 Å². The summed E-state index contributed by atoms with van der Waals surface area (Å²) in [7, 11) is 0. The minimum absolute atomic E-state index is 0.303. The van der Waals surface area contributed by atoms with E-state index in [0.717, 1.165) is 5.56 Å². The van der Waals surface area contributed by atoms with Crippen molar-refractivity contribution in [2.24, 2.45) is 0 Å². The lowest BCUT2D eigenvalue weighted by Gasteiger charge is -2.24. The molecule has 0 aliphatic carbocycles. The summed E-state index contributed by atoms with van der Waals surface area (Å²) in [4.78, 5) is 11.5. The van der Waals surface area contributed by atoms with Crippen LogP contribution in [-0.2, 0) is 19.9 Å². The molecule has 1 aromatic carbocycles. The second-order valence-electron chi connectivity index (χ2n) is 5.16. The third-order valence-corrected chi connectivity index (χ3v) is 3.22. The van der Waals surface area contributed by atoms with Crippen molar-refractivity contribution in [2.45, 2.75) is 31.5 Å². The monoisotopic (exact) mass is 230 g/mol. The van der Waals surface area contributed by atoms with E-state index in [1.165, 1.54) is 6.08 Å². The van der Waals surface area contributed by atoms with E-state index < -0.39 is 5.60 Å². The largest absolute Gasteiger partial charge is 0.487 e. The minimum Gasteiger partial charge on any atom is -0.487 e. The summed E-state index contributed by atoms with van der Waals surface area (Å²) >= 11 is 0. The zero-order valence-electron chi connectivity index (χ0n) is 9.90.